The average Bonchev–Trinajstić information content (AvgIpc) is 2.04. The molecule has 1 atom stereocenters. The maximum absolute atomic E-state index is 8.64. The lowest BCUT2D eigenvalue weighted by atomic mass is 10.2. The van der Waals surface area contributed by atoms with Crippen molar-refractivity contribution < 1.29 is 0 Å². The molecule has 0 aliphatic carbocycles. The van der Waals surface area contributed by atoms with E-state index in [1.807, 2.05) is 18.2 Å². The van der Waals surface area contributed by atoms with Crippen LogP contribution < -0.4 is 0 Å². The van der Waals surface area contributed by atoms with E-state index in [1.165, 1.54) is 0 Å². The molecule has 2 nitrogen and oxygen atoms in total. The second-order valence-electron chi connectivity index (χ2n) is 2.03. The van der Waals surface area contributed by atoms with E-state index in [2.05, 4.69) is 5.87 Å². The summed E-state index contributed by atoms with van der Waals surface area (Å²) in [6, 6.07) is 3.98. The first-order chi connectivity index (χ1) is 5.29. The van der Waals surface area contributed by atoms with Crippen LogP contribution in [0.15, 0.2) is 22.6 Å². The topological polar surface area (TPSA) is 47.6 Å². The van der Waals surface area contributed by atoms with Crippen molar-refractivity contribution in [3.05, 3.63) is 22.6 Å². The molecule has 54 valence electrons. The predicted molar refractivity (Wildman–Crippen MR) is 47.0 cm³/mol. The van der Waals surface area contributed by atoms with Crippen molar-refractivity contribution >= 4 is 16.4 Å². The second-order valence-corrected chi connectivity index (χ2v) is 3.76. The van der Waals surface area contributed by atoms with E-state index >= 15 is 0 Å². The Morgan fingerprint density at radius 3 is 2.64 bits per heavy atom. The van der Waals surface area contributed by atoms with Gasteiger partial charge in [-0.05, 0) is 6.08 Å². The number of nitrogens with zero attached hydrogens (tertiary/aromatic N) is 2. The summed E-state index contributed by atoms with van der Waals surface area (Å²) in [6.45, 7) is 0. The Bertz CT molecular complexity index is 336. The number of rotatable bonds is 0. The molecule has 0 aromatic rings. The van der Waals surface area contributed by atoms with Gasteiger partial charge < -0.3 is 0 Å². The van der Waals surface area contributed by atoms with E-state index in [9.17, 15) is 0 Å². The van der Waals surface area contributed by atoms with E-state index in [4.69, 9.17) is 10.5 Å². The van der Waals surface area contributed by atoms with Crippen LogP contribution >= 0.6 is 10.5 Å². The van der Waals surface area contributed by atoms with Crippen molar-refractivity contribution in [3.63, 3.8) is 0 Å². The van der Waals surface area contributed by atoms with Crippen molar-refractivity contribution in [3.8, 4) is 12.1 Å². The normalized spacial score (nSPS) is 22.5. The van der Waals surface area contributed by atoms with Gasteiger partial charge >= 0.3 is 0 Å². The summed E-state index contributed by atoms with van der Waals surface area (Å²) in [5.74, 6) is 4.58. The third-order valence-electron chi connectivity index (χ3n) is 1.34. The van der Waals surface area contributed by atoms with Crippen molar-refractivity contribution in [2.24, 2.45) is 0 Å². The van der Waals surface area contributed by atoms with Crippen molar-refractivity contribution in [2.45, 2.75) is 0 Å². The van der Waals surface area contributed by atoms with Gasteiger partial charge in [-0.25, -0.2) is 0 Å². The molecule has 0 saturated heterocycles. The minimum absolute atomic E-state index is 0.299. The molecule has 1 heterocycles. The van der Waals surface area contributed by atoms with Gasteiger partial charge in [0.2, 0.25) is 0 Å². The minimum Gasteiger partial charge on any atom is -0.192 e. The van der Waals surface area contributed by atoms with Crippen LogP contribution in [0.3, 0.4) is 0 Å². The molecule has 11 heavy (non-hydrogen) atoms. The van der Waals surface area contributed by atoms with Crippen LogP contribution in [0.2, 0.25) is 0 Å². The van der Waals surface area contributed by atoms with Gasteiger partial charge in [0.05, 0.1) is 10.5 Å². The van der Waals surface area contributed by atoms with E-state index < -0.39 is 0 Å². The first kappa shape index (κ1) is 7.78. The zero-order chi connectivity index (χ0) is 8.27. The third kappa shape index (κ3) is 1.39. The SMILES string of the molecule is C=S1CC=CC(C#N)=C1C#N. The van der Waals surface area contributed by atoms with Crippen LogP contribution in [0.25, 0.3) is 0 Å². The van der Waals surface area contributed by atoms with E-state index in [1.54, 1.807) is 6.08 Å². The Hall–Kier alpha value is -1.32. The highest BCUT2D eigenvalue weighted by molar-refractivity contribution is 8.17. The van der Waals surface area contributed by atoms with Crippen LogP contribution in [-0.2, 0) is 0 Å². The number of nitriles is 2. The molecule has 0 N–H and O–H groups in total. The van der Waals surface area contributed by atoms with Crippen molar-refractivity contribution in [2.75, 3.05) is 5.75 Å². The lowest BCUT2D eigenvalue weighted by Crippen LogP contribution is -1.91. The summed E-state index contributed by atoms with van der Waals surface area (Å²) in [7, 11) is -0.299. The highest BCUT2D eigenvalue weighted by atomic mass is 32.2. The molecule has 0 radical (unpaired) electrons. The molecule has 0 fully saturated rings. The van der Waals surface area contributed by atoms with Gasteiger partial charge in [0.25, 0.3) is 0 Å². The quantitative estimate of drug-likeness (QED) is 0.507. The highest BCUT2D eigenvalue weighted by Crippen LogP contribution is 2.29. The number of allylic oxidation sites excluding steroid dienone is 3. The van der Waals surface area contributed by atoms with Crippen LogP contribution in [-0.4, -0.2) is 11.6 Å². The Morgan fingerprint density at radius 1 is 1.45 bits per heavy atom. The molecule has 0 bridgehead atoms. The summed E-state index contributed by atoms with van der Waals surface area (Å²) >= 11 is 0. The zero-order valence-electron chi connectivity index (χ0n) is 5.87. The molecule has 1 aliphatic rings. The van der Waals surface area contributed by atoms with Crippen molar-refractivity contribution in [1.82, 2.24) is 0 Å². The highest BCUT2D eigenvalue weighted by Gasteiger charge is 2.09. The minimum atomic E-state index is -0.299. The lowest BCUT2D eigenvalue weighted by Gasteiger charge is -2.07. The monoisotopic (exact) mass is 162 g/mol. The molecule has 1 aliphatic heterocycles. The van der Waals surface area contributed by atoms with Gasteiger partial charge in [-0.3, -0.25) is 0 Å². The lowest BCUT2D eigenvalue weighted by molar-refractivity contribution is 1.46. The fourth-order valence-electron chi connectivity index (χ4n) is 0.809. The zero-order valence-corrected chi connectivity index (χ0v) is 6.69. The molecule has 0 saturated carbocycles. The second kappa shape index (κ2) is 3.18. The van der Waals surface area contributed by atoms with Gasteiger partial charge in [-0.2, -0.15) is 10.5 Å². The molecule has 1 rings (SSSR count). The molecule has 0 aromatic carbocycles. The van der Waals surface area contributed by atoms with Crippen LogP contribution in [0.4, 0.5) is 0 Å². The average molecular weight is 162 g/mol. The van der Waals surface area contributed by atoms with Gasteiger partial charge in [-0.15, -0.1) is 10.5 Å². The summed E-state index contributed by atoms with van der Waals surface area (Å²) in [5, 5.41) is 17.2. The van der Waals surface area contributed by atoms with Gasteiger partial charge in [0.15, 0.2) is 0 Å². The maximum atomic E-state index is 8.64. The fourth-order valence-corrected chi connectivity index (χ4v) is 1.86. The Morgan fingerprint density at radius 2 is 2.18 bits per heavy atom. The summed E-state index contributed by atoms with van der Waals surface area (Å²) in [5.41, 5.74) is 0.470. The van der Waals surface area contributed by atoms with Gasteiger partial charge in [0, 0.05) is 5.75 Å². The fraction of sp³-hybridized carbons (Fsp3) is 0.125. The molecular weight excluding hydrogens is 156 g/mol. The maximum Gasteiger partial charge on any atom is 0.107 e. The third-order valence-corrected chi connectivity index (χ3v) is 2.82. The molecule has 0 amide bonds. The smallest absolute Gasteiger partial charge is 0.107 e. The number of hydrogen-bond acceptors (Lipinski definition) is 2. The van der Waals surface area contributed by atoms with E-state index in [0.29, 0.717) is 10.5 Å². The first-order valence-electron chi connectivity index (χ1n) is 3.01. The molecular formula is C8H6N2S. The Kier molecular flexibility index (Phi) is 2.25. The largest absolute Gasteiger partial charge is 0.192 e. The molecule has 0 aromatic heterocycles. The number of hydrogen-bond donors (Lipinski definition) is 0. The first-order valence-corrected chi connectivity index (χ1v) is 4.57. The standard InChI is InChI=1S/C8H6N2S/c1-11-4-2-3-7(5-9)8(11)6-10/h2-3H,1,4H2. The summed E-state index contributed by atoms with van der Waals surface area (Å²) < 4.78 is 0. The summed E-state index contributed by atoms with van der Waals surface area (Å²) in [6.07, 6.45) is 3.57. The Balaban J connectivity index is 3.21. The predicted octanol–water partition coefficient (Wildman–Crippen LogP) is 1.56. The van der Waals surface area contributed by atoms with E-state index in [0.717, 1.165) is 5.75 Å². The van der Waals surface area contributed by atoms with Crippen LogP contribution in [0, 0.1) is 22.7 Å². The van der Waals surface area contributed by atoms with Gasteiger partial charge in [0.1, 0.15) is 12.1 Å². The van der Waals surface area contributed by atoms with Crippen molar-refractivity contribution in [1.29, 1.82) is 10.5 Å². The van der Waals surface area contributed by atoms with Crippen LogP contribution in [0.1, 0.15) is 0 Å². The molecule has 1 unspecified atom stereocenters. The summed E-state index contributed by atoms with van der Waals surface area (Å²) in [4.78, 5) is 0.537. The van der Waals surface area contributed by atoms with Gasteiger partial charge in [-0.1, -0.05) is 11.9 Å². The Labute approximate surface area is 68.0 Å². The van der Waals surface area contributed by atoms with E-state index in [-0.39, 0.29) is 10.5 Å². The van der Waals surface area contributed by atoms with Crippen LogP contribution in [0.5, 0.6) is 0 Å². The molecule has 0 spiro atoms. The molecule has 3 heteroatoms.